The Labute approximate surface area is 128 Å². The molecule has 4 nitrogen and oxygen atoms in total. The van der Waals surface area contributed by atoms with Gasteiger partial charge in [0.2, 0.25) is 0 Å². The van der Waals surface area contributed by atoms with E-state index in [0.29, 0.717) is 17.0 Å². The Hall–Kier alpha value is -2.01. The molecule has 1 aliphatic heterocycles. The van der Waals surface area contributed by atoms with E-state index < -0.39 is 0 Å². The summed E-state index contributed by atoms with van der Waals surface area (Å²) in [5.41, 5.74) is 7.02. The second kappa shape index (κ2) is 5.77. The number of nitrogens with two attached hydrogens (primary N) is 1. The van der Waals surface area contributed by atoms with E-state index in [9.17, 15) is 4.79 Å². The highest BCUT2D eigenvalue weighted by Crippen LogP contribution is 2.36. The number of benzene rings is 1. The number of thiophene rings is 1. The highest BCUT2D eigenvalue weighted by Gasteiger charge is 2.31. The number of nitrogen functional groups attached to an aromatic ring is 1. The molecule has 1 unspecified atom stereocenters. The molecule has 110 valence electrons. The van der Waals surface area contributed by atoms with Gasteiger partial charge in [-0.3, -0.25) is 4.79 Å². The van der Waals surface area contributed by atoms with Crippen LogP contribution in [0.15, 0.2) is 35.7 Å². The normalized spacial score (nSPS) is 18.0. The number of methoxy groups -OCH3 is 1. The predicted octanol–water partition coefficient (Wildman–Crippen LogP) is 3.32. The molecule has 0 aliphatic carbocycles. The summed E-state index contributed by atoms with van der Waals surface area (Å²) in [6.45, 7) is 0.799. The quantitative estimate of drug-likeness (QED) is 0.885. The van der Waals surface area contributed by atoms with E-state index in [4.69, 9.17) is 10.5 Å². The maximum atomic E-state index is 12.7. The summed E-state index contributed by atoms with van der Waals surface area (Å²) in [6, 6.07) is 9.56. The standard InChI is InChI=1S/C16H18N2O2S/c1-20-14-7-6-11(10-12(14)17)16(19)18-8-2-4-13(18)15-5-3-9-21-15/h3,5-7,9-10,13H,2,4,8,17H2,1H3. The van der Waals surface area contributed by atoms with Gasteiger partial charge in [0.25, 0.3) is 5.91 Å². The van der Waals surface area contributed by atoms with Gasteiger partial charge in [0.05, 0.1) is 18.8 Å². The zero-order chi connectivity index (χ0) is 14.8. The van der Waals surface area contributed by atoms with Crippen molar-refractivity contribution < 1.29 is 9.53 Å². The molecule has 1 aromatic heterocycles. The summed E-state index contributed by atoms with van der Waals surface area (Å²) in [5.74, 6) is 0.642. The van der Waals surface area contributed by atoms with Gasteiger partial charge in [-0.1, -0.05) is 6.07 Å². The van der Waals surface area contributed by atoms with Crippen molar-refractivity contribution in [3.8, 4) is 5.75 Å². The Balaban J connectivity index is 1.86. The number of ether oxygens (including phenoxy) is 1. The number of anilines is 1. The molecule has 3 rings (SSSR count). The summed E-state index contributed by atoms with van der Waals surface area (Å²) >= 11 is 1.71. The van der Waals surface area contributed by atoms with E-state index in [1.54, 1.807) is 36.6 Å². The summed E-state index contributed by atoms with van der Waals surface area (Å²) in [6.07, 6.45) is 2.07. The van der Waals surface area contributed by atoms with E-state index >= 15 is 0 Å². The van der Waals surface area contributed by atoms with Crippen LogP contribution in [-0.2, 0) is 0 Å². The lowest BCUT2D eigenvalue weighted by atomic mass is 10.1. The molecular formula is C16H18N2O2S. The van der Waals surface area contributed by atoms with Crippen LogP contribution in [0.1, 0.15) is 34.1 Å². The van der Waals surface area contributed by atoms with Gasteiger partial charge < -0.3 is 15.4 Å². The van der Waals surface area contributed by atoms with Crippen molar-refractivity contribution in [1.82, 2.24) is 4.90 Å². The predicted molar refractivity (Wildman–Crippen MR) is 84.7 cm³/mol. The molecule has 1 atom stereocenters. The minimum absolute atomic E-state index is 0.0419. The van der Waals surface area contributed by atoms with Gasteiger partial charge in [-0.05, 0) is 42.5 Å². The van der Waals surface area contributed by atoms with Crippen molar-refractivity contribution in [1.29, 1.82) is 0 Å². The maximum absolute atomic E-state index is 12.7. The monoisotopic (exact) mass is 302 g/mol. The van der Waals surface area contributed by atoms with Gasteiger partial charge in [0.1, 0.15) is 5.75 Å². The second-order valence-corrected chi connectivity index (χ2v) is 6.11. The molecule has 2 heterocycles. The van der Waals surface area contributed by atoms with E-state index in [2.05, 4.69) is 11.4 Å². The zero-order valence-electron chi connectivity index (χ0n) is 11.9. The molecule has 1 fully saturated rings. The average molecular weight is 302 g/mol. The van der Waals surface area contributed by atoms with Gasteiger partial charge in [-0.2, -0.15) is 0 Å². The highest BCUT2D eigenvalue weighted by molar-refractivity contribution is 7.10. The van der Waals surface area contributed by atoms with Crippen LogP contribution in [0.4, 0.5) is 5.69 Å². The van der Waals surface area contributed by atoms with E-state index in [1.807, 2.05) is 11.0 Å². The van der Waals surface area contributed by atoms with Crippen LogP contribution >= 0.6 is 11.3 Å². The molecule has 1 aliphatic rings. The maximum Gasteiger partial charge on any atom is 0.254 e. The molecule has 21 heavy (non-hydrogen) atoms. The number of rotatable bonds is 3. The molecule has 1 saturated heterocycles. The van der Waals surface area contributed by atoms with E-state index in [0.717, 1.165) is 19.4 Å². The number of likely N-dealkylation sites (tertiary alicyclic amines) is 1. The first-order valence-electron chi connectivity index (χ1n) is 6.98. The smallest absolute Gasteiger partial charge is 0.254 e. The van der Waals surface area contributed by atoms with Gasteiger partial charge in [-0.15, -0.1) is 11.3 Å². The number of carbonyl (C=O) groups excluding carboxylic acids is 1. The first kappa shape index (κ1) is 13.9. The number of carbonyl (C=O) groups is 1. The van der Waals surface area contributed by atoms with Crippen molar-refractivity contribution in [2.24, 2.45) is 0 Å². The summed E-state index contributed by atoms with van der Waals surface area (Å²) in [4.78, 5) is 15.9. The third kappa shape index (κ3) is 2.61. The van der Waals surface area contributed by atoms with Crippen LogP contribution in [-0.4, -0.2) is 24.5 Å². The van der Waals surface area contributed by atoms with Crippen molar-refractivity contribution in [3.05, 3.63) is 46.2 Å². The van der Waals surface area contributed by atoms with Crippen LogP contribution in [0.25, 0.3) is 0 Å². The second-order valence-electron chi connectivity index (χ2n) is 5.13. The lowest BCUT2D eigenvalue weighted by Crippen LogP contribution is -2.30. The molecule has 0 saturated carbocycles. The fourth-order valence-corrected chi connectivity index (χ4v) is 3.69. The lowest BCUT2D eigenvalue weighted by molar-refractivity contribution is 0.0738. The Morgan fingerprint density at radius 3 is 2.95 bits per heavy atom. The van der Waals surface area contributed by atoms with Crippen LogP contribution in [0, 0.1) is 0 Å². The van der Waals surface area contributed by atoms with Gasteiger partial charge in [0, 0.05) is 17.0 Å². The van der Waals surface area contributed by atoms with Crippen molar-refractivity contribution in [2.45, 2.75) is 18.9 Å². The fourth-order valence-electron chi connectivity index (χ4n) is 2.82. The summed E-state index contributed by atoms with van der Waals surface area (Å²) in [7, 11) is 1.57. The van der Waals surface area contributed by atoms with Crippen molar-refractivity contribution in [2.75, 3.05) is 19.4 Å². The molecular weight excluding hydrogens is 284 g/mol. The zero-order valence-corrected chi connectivity index (χ0v) is 12.7. The SMILES string of the molecule is COc1ccc(C(=O)N2CCCC2c2cccs2)cc1N. The minimum Gasteiger partial charge on any atom is -0.495 e. The van der Waals surface area contributed by atoms with Crippen LogP contribution in [0.3, 0.4) is 0 Å². The third-order valence-corrected chi connectivity index (χ3v) is 4.84. The van der Waals surface area contributed by atoms with Gasteiger partial charge >= 0.3 is 0 Å². The number of nitrogens with zero attached hydrogens (tertiary/aromatic N) is 1. The highest BCUT2D eigenvalue weighted by atomic mass is 32.1. The largest absolute Gasteiger partial charge is 0.495 e. The molecule has 0 bridgehead atoms. The molecule has 2 N–H and O–H groups in total. The molecule has 0 radical (unpaired) electrons. The molecule has 0 spiro atoms. The lowest BCUT2D eigenvalue weighted by Gasteiger charge is -2.24. The van der Waals surface area contributed by atoms with Crippen LogP contribution in [0.2, 0.25) is 0 Å². The number of amides is 1. The van der Waals surface area contributed by atoms with Crippen molar-refractivity contribution >= 4 is 22.9 Å². The summed E-state index contributed by atoms with van der Waals surface area (Å²) in [5, 5.41) is 2.06. The number of hydrogen-bond donors (Lipinski definition) is 1. The molecule has 5 heteroatoms. The first-order chi connectivity index (χ1) is 10.2. The number of hydrogen-bond acceptors (Lipinski definition) is 4. The third-order valence-electron chi connectivity index (χ3n) is 3.86. The molecule has 1 aromatic carbocycles. The van der Waals surface area contributed by atoms with Gasteiger partial charge in [-0.25, -0.2) is 0 Å². The topological polar surface area (TPSA) is 55.6 Å². The first-order valence-corrected chi connectivity index (χ1v) is 7.86. The fraction of sp³-hybridized carbons (Fsp3) is 0.312. The Morgan fingerprint density at radius 2 is 2.29 bits per heavy atom. The van der Waals surface area contributed by atoms with Crippen molar-refractivity contribution in [3.63, 3.8) is 0 Å². The van der Waals surface area contributed by atoms with Crippen LogP contribution < -0.4 is 10.5 Å². The summed E-state index contributed by atoms with van der Waals surface area (Å²) < 4.78 is 5.14. The van der Waals surface area contributed by atoms with E-state index in [-0.39, 0.29) is 11.9 Å². The molecule has 2 aromatic rings. The Morgan fingerprint density at radius 1 is 1.43 bits per heavy atom. The minimum atomic E-state index is 0.0419. The average Bonchev–Trinajstić information content (AvgIpc) is 3.16. The van der Waals surface area contributed by atoms with Crippen LogP contribution in [0.5, 0.6) is 5.75 Å². The van der Waals surface area contributed by atoms with E-state index in [1.165, 1.54) is 4.88 Å². The van der Waals surface area contributed by atoms with Gasteiger partial charge in [0.15, 0.2) is 0 Å². The Bertz CT molecular complexity index is 640. The molecule has 1 amide bonds. The Kier molecular flexibility index (Phi) is 3.84.